The number of fused-ring (bicyclic) bond motifs is 1. The van der Waals surface area contributed by atoms with E-state index in [9.17, 15) is 4.79 Å². The minimum Gasteiger partial charge on any atom is -0.357 e. The normalized spacial score (nSPS) is 22.3. The van der Waals surface area contributed by atoms with Crippen LogP contribution in [0.5, 0.6) is 0 Å². The van der Waals surface area contributed by atoms with Crippen LogP contribution in [0.1, 0.15) is 25.5 Å². The summed E-state index contributed by atoms with van der Waals surface area (Å²) in [5.41, 5.74) is 2.06. The van der Waals surface area contributed by atoms with Gasteiger partial charge >= 0.3 is 0 Å². The lowest BCUT2D eigenvalue weighted by molar-refractivity contribution is 0.238. The number of likely N-dealkylation sites (N-methyl/N-ethyl adjacent to an activating group) is 1. The summed E-state index contributed by atoms with van der Waals surface area (Å²) < 4.78 is 0. The van der Waals surface area contributed by atoms with Gasteiger partial charge in [-0.2, -0.15) is 0 Å². The Kier molecular flexibility index (Phi) is 4.83. The maximum atomic E-state index is 12.3. The van der Waals surface area contributed by atoms with Crippen LogP contribution in [0, 0.1) is 5.92 Å². The maximum Gasteiger partial charge on any atom is 0.189 e. The summed E-state index contributed by atoms with van der Waals surface area (Å²) in [4.78, 5) is 20.5. The second-order valence-corrected chi connectivity index (χ2v) is 6.98. The second-order valence-electron chi connectivity index (χ2n) is 6.98. The van der Waals surface area contributed by atoms with Gasteiger partial charge in [0, 0.05) is 48.3 Å². The summed E-state index contributed by atoms with van der Waals surface area (Å²) in [6.07, 6.45) is 2.50. The van der Waals surface area contributed by atoms with Crippen molar-refractivity contribution in [1.29, 1.82) is 0 Å². The molecule has 2 aromatic rings. The Morgan fingerprint density at radius 1 is 1.26 bits per heavy atom. The van der Waals surface area contributed by atoms with Crippen molar-refractivity contribution in [3.63, 3.8) is 0 Å². The van der Waals surface area contributed by atoms with Gasteiger partial charge in [-0.3, -0.25) is 9.69 Å². The summed E-state index contributed by atoms with van der Waals surface area (Å²) >= 11 is 0. The van der Waals surface area contributed by atoms with Crippen molar-refractivity contribution in [2.45, 2.75) is 32.4 Å². The first-order valence-corrected chi connectivity index (χ1v) is 8.58. The molecule has 0 aliphatic carbocycles. The van der Waals surface area contributed by atoms with Gasteiger partial charge in [-0.25, -0.2) is 0 Å². The number of rotatable bonds is 5. The Morgan fingerprint density at radius 3 is 2.78 bits per heavy atom. The van der Waals surface area contributed by atoms with E-state index in [2.05, 4.69) is 35.8 Å². The number of hydrogen-bond donors (Lipinski definition) is 1. The third-order valence-electron chi connectivity index (χ3n) is 4.99. The fourth-order valence-electron chi connectivity index (χ4n) is 3.89. The Bertz CT molecular complexity index is 722. The van der Waals surface area contributed by atoms with Crippen LogP contribution >= 0.6 is 0 Å². The van der Waals surface area contributed by atoms with Gasteiger partial charge in [0.2, 0.25) is 0 Å². The van der Waals surface area contributed by atoms with E-state index >= 15 is 0 Å². The summed E-state index contributed by atoms with van der Waals surface area (Å²) in [5.74, 6) is 0.724. The zero-order valence-corrected chi connectivity index (χ0v) is 14.4. The van der Waals surface area contributed by atoms with Crippen molar-refractivity contribution in [3.8, 4) is 0 Å². The van der Waals surface area contributed by atoms with E-state index in [1.54, 1.807) is 6.07 Å². The van der Waals surface area contributed by atoms with Crippen molar-refractivity contribution >= 4 is 10.9 Å². The molecular weight excluding hydrogens is 286 g/mol. The number of para-hydroxylation sites is 1. The van der Waals surface area contributed by atoms with E-state index in [1.807, 2.05) is 24.3 Å². The molecule has 4 heteroatoms. The molecule has 3 rings (SSSR count). The lowest BCUT2D eigenvalue weighted by atomic mass is 9.98. The van der Waals surface area contributed by atoms with E-state index < -0.39 is 0 Å². The summed E-state index contributed by atoms with van der Waals surface area (Å²) in [6, 6.07) is 10.1. The van der Waals surface area contributed by atoms with Gasteiger partial charge in [-0.05, 0) is 38.6 Å². The molecule has 1 fully saturated rings. The van der Waals surface area contributed by atoms with Gasteiger partial charge in [0.15, 0.2) is 5.43 Å². The third-order valence-corrected chi connectivity index (χ3v) is 4.99. The Labute approximate surface area is 138 Å². The van der Waals surface area contributed by atoms with Crippen molar-refractivity contribution in [2.24, 2.45) is 5.92 Å². The first-order valence-electron chi connectivity index (χ1n) is 8.58. The van der Waals surface area contributed by atoms with Crippen LogP contribution in [0.15, 0.2) is 35.1 Å². The molecule has 0 radical (unpaired) electrons. The number of pyridine rings is 1. The molecule has 0 spiro atoms. The first-order chi connectivity index (χ1) is 11.1. The number of benzene rings is 1. The molecule has 0 amide bonds. The highest BCUT2D eigenvalue weighted by molar-refractivity contribution is 5.78. The minimum atomic E-state index is 0.114. The average molecular weight is 313 g/mol. The largest absolute Gasteiger partial charge is 0.357 e. The standard InChI is InChI=1S/C19H27N3O/c1-4-7-14-11-22(13-18(14)21(2)3)12-15-10-19(23)16-8-5-6-9-17(16)20-15/h5-6,8-10,14,18H,4,7,11-13H2,1-3H3,(H,20,23)/t14-,18-/m1/s1. The van der Waals surface area contributed by atoms with E-state index in [0.29, 0.717) is 6.04 Å². The Hall–Kier alpha value is -1.65. The fourth-order valence-corrected chi connectivity index (χ4v) is 3.89. The topological polar surface area (TPSA) is 39.3 Å². The number of likely N-dealkylation sites (tertiary alicyclic amines) is 1. The molecule has 1 aliphatic heterocycles. The summed E-state index contributed by atoms with van der Waals surface area (Å²) in [6.45, 7) is 5.28. The number of hydrogen-bond acceptors (Lipinski definition) is 3. The van der Waals surface area contributed by atoms with Crippen LogP contribution in [0.4, 0.5) is 0 Å². The van der Waals surface area contributed by atoms with Crippen LogP contribution in [0.2, 0.25) is 0 Å². The van der Waals surface area contributed by atoms with Gasteiger partial charge in [-0.1, -0.05) is 25.5 Å². The molecule has 1 saturated heterocycles. The predicted octanol–water partition coefficient (Wildman–Crippen LogP) is 2.69. The lowest BCUT2D eigenvalue weighted by Crippen LogP contribution is -2.35. The molecule has 1 aliphatic rings. The van der Waals surface area contributed by atoms with Crippen LogP contribution in [-0.4, -0.2) is 48.0 Å². The predicted molar refractivity (Wildman–Crippen MR) is 95.7 cm³/mol. The Balaban J connectivity index is 1.78. The van der Waals surface area contributed by atoms with Crippen molar-refractivity contribution in [1.82, 2.24) is 14.8 Å². The number of H-pyrrole nitrogens is 1. The summed E-state index contributed by atoms with van der Waals surface area (Å²) in [7, 11) is 4.35. The second kappa shape index (κ2) is 6.85. The highest BCUT2D eigenvalue weighted by Crippen LogP contribution is 2.25. The molecule has 1 aromatic heterocycles. The molecule has 1 aromatic carbocycles. The highest BCUT2D eigenvalue weighted by atomic mass is 16.1. The van der Waals surface area contributed by atoms with E-state index in [4.69, 9.17) is 0 Å². The zero-order valence-electron chi connectivity index (χ0n) is 14.4. The lowest BCUT2D eigenvalue weighted by Gasteiger charge is -2.24. The average Bonchev–Trinajstić information content (AvgIpc) is 2.90. The molecule has 2 heterocycles. The molecule has 4 nitrogen and oxygen atoms in total. The number of nitrogens with zero attached hydrogens (tertiary/aromatic N) is 2. The van der Waals surface area contributed by atoms with E-state index in [1.165, 1.54) is 12.8 Å². The Morgan fingerprint density at radius 2 is 2.04 bits per heavy atom. The number of aromatic amines is 1. The highest BCUT2D eigenvalue weighted by Gasteiger charge is 2.33. The van der Waals surface area contributed by atoms with Crippen molar-refractivity contribution < 1.29 is 0 Å². The van der Waals surface area contributed by atoms with Crippen molar-refractivity contribution in [3.05, 3.63) is 46.2 Å². The molecule has 1 N–H and O–H groups in total. The molecule has 0 unspecified atom stereocenters. The number of nitrogens with one attached hydrogen (secondary N) is 1. The molecule has 23 heavy (non-hydrogen) atoms. The quantitative estimate of drug-likeness (QED) is 0.922. The van der Waals surface area contributed by atoms with Gasteiger partial charge < -0.3 is 9.88 Å². The van der Waals surface area contributed by atoms with Gasteiger partial charge in [0.05, 0.1) is 0 Å². The first kappa shape index (κ1) is 16.2. The van der Waals surface area contributed by atoms with Crippen LogP contribution in [0.25, 0.3) is 10.9 Å². The fraction of sp³-hybridized carbons (Fsp3) is 0.526. The zero-order chi connectivity index (χ0) is 16.4. The maximum absolute atomic E-state index is 12.3. The summed E-state index contributed by atoms with van der Waals surface area (Å²) in [5, 5.41) is 0.771. The smallest absolute Gasteiger partial charge is 0.189 e. The third kappa shape index (κ3) is 3.48. The molecule has 0 bridgehead atoms. The van der Waals surface area contributed by atoms with Crippen LogP contribution in [0.3, 0.4) is 0 Å². The molecular formula is C19H27N3O. The molecule has 0 saturated carbocycles. The van der Waals surface area contributed by atoms with Gasteiger partial charge in [0.1, 0.15) is 0 Å². The minimum absolute atomic E-state index is 0.114. The monoisotopic (exact) mass is 313 g/mol. The molecule has 2 atom stereocenters. The van der Waals surface area contributed by atoms with Gasteiger partial charge in [0.25, 0.3) is 0 Å². The van der Waals surface area contributed by atoms with Crippen LogP contribution < -0.4 is 5.43 Å². The molecule has 124 valence electrons. The SMILES string of the molecule is CCC[C@@H]1CN(Cc2cc(=O)c3ccccc3[nH]2)C[C@H]1N(C)C. The van der Waals surface area contributed by atoms with E-state index in [0.717, 1.165) is 42.1 Å². The van der Waals surface area contributed by atoms with Gasteiger partial charge in [-0.15, -0.1) is 0 Å². The number of aromatic nitrogens is 1. The van der Waals surface area contributed by atoms with Crippen molar-refractivity contribution in [2.75, 3.05) is 27.2 Å². The van der Waals surface area contributed by atoms with Crippen LogP contribution in [-0.2, 0) is 6.54 Å². The van der Waals surface area contributed by atoms with E-state index in [-0.39, 0.29) is 5.43 Å².